The van der Waals surface area contributed by atoms with Crippen molar-refractivity contribution in [1.82, 2.24) is 9.61 Å². The highest BCUT2D eigenvalue weighted by atomic mass is 19.4. The first-order valence-electron chi connectivity index (χ1n) is 8.36. The molecule has 0 aliphatic carbocycles. The van der Waals surface area contributed by atoms with Crippen LogP contribution in [0.25, 0.3) is 16.8 Å². The number of nitrogens with zero attached hydrogens (tertiary/aromatic N) is 3. The molecule has 4 nitrogen and oxygen atoms in total. The van der Waals surface area contributed by atoms with Crippen LogP contribution < -0.4 is 4.90 Å². The Kier molecular flexibility index (Phi) is 3.95. The number of fused-ring (bicyclic) bond motifs is 2. The van der Waals surface area contributed by atoms with E-state index in [4.69, 9.17) is 0 Å². The first kappa shape index (κ1) is 18.4. The topological polar surface area (TPSA) is 37.6 Å². The fraction of sp³-hybridized carbons (Fsp3) is 0.263. The molecule has 2 aromatic heterocycles. The van der Waals surface area contributed by atoms with Crippen LogP contribution in [0.2, 0.25) is 0 Å². The second-order valence-corrected chi connectivity index (χ2v) is 6.74. The lowest BCUT2D eigenvalue weighted by atomic mass is 10.0. The normalized spacial score (nSPS) is 14.4. The zero-order valence-electron chi connectivity index (χ0n) is 14.8. The molecule has 0 saturated heterocycles. The molecule has 4 rings (SSSR count). The molecule has 146 valence electrons. The third-order valence-corrected chi connectivity index (χ3v) is 4.90. The van der Waals surface area contributed by atoms with Gasteiger partial charge in [0, 0.05) is 30.1 Å². The lowest BCUT2D eigenvalue weighted by molar-refractivity contribution is -0.135. The number of benzene rings is 1. The van der Waals surface area contributed by atoms with Crippen molar-refractivity contribution in [2.75, 3.05) is 11.9 Å². The quantitative estimate of drug-likeness (QED) is 0.586. The molecule has 0 unspecified atom stereocenters. The van der Waals surface area contributed by atoms with E-state index < -0.39 is 23.7 Å². The van der Waals surface area contributed by atoms with Crippen LogP contribution in [0, 0.1) is 6.92 Å². The highest BCUT2D eigenvalue weighted by molar-refractivity contribution is 6.01. The summed E-state index contributed by atoms with van der Waals surface area (Å²) in [6, 6.07) is 5.56. The van der Waals surface area contributed by atoms with Crippen LogP contribution in [0.15, 0.2) is 30.5 Å². The Hall–Kier alpha value is -2.97. The molecule has 3 aromatic rings. The molecular weight excluding hydrogens is 381 g/mol. The van der Waals surface area contributed by atoms with Crippen molar-refractivity contribution in [3.8, 4) is 11.3 Å². The van der Waals surface area contributed by atoms with Crippen molar-refractivity contribution in [3.05, 3.63) is 52.7 Å². The van der Waals surface area contributed by atoms with E-state index in [1.165, 1.54) is 24.0 Å². The molecule has 3 heterocycles. The Morgan fingerprint density at radius 2 is 1.89 bits per heavy atom. The van der Waals surface area contributed by atoms with E-state index in [9.17, 15) is 26.7 Å². The lowest BCUT2D eigenvalue weighted by Gasteiger charge is -2.12. The van der Waals surface area contributed by atoms with Crippen LogP contribution in [-0.4, -0.2) is 22.6 Å². The van der Waals surface area contributed by atoms with Gasteiger partial charge in [0.25, 0.3) is 6.43 Å². The Morgan fingerprint density at radius 1 is 1.18 bits per heavy atom. The van der Waals surface area contributed by atoms with Crippen LogP contribution in [-0.2, 0) is 17.4 Å². The van der Waals surface area contributed by atoms with E-state index in [1.807, 2.05) is 0 Å². The summed E-state index contributed by atoms with van der Waals surface area (Å²) in [4.78, 5) is 13.3. The van der Waals surface area contributed by atoms with Crippen LogP contribution in [0.1, 0.15) is 28.7 Å². The van der Waals surface area contributed by atoms with Crippen molar-refractivity contribution < 1.29 is 26.7 Å². The standard InChI is InChI=1S/C19H14F5N3O/c1-9-5-12(18(20)21)8-27-17(9)15(19(22,23)24)16(25-27)10-3-4-13-11(6-10)7-14(28)26(13)2/h3-6,8,18H,7H2,1-2H3. The predicted molar refractivity (Wildman–Crippen MR) is 92.4 cm³/mol. The van der Waals surface area contributed by atoms with E-state index in [2.05, 4.69) is 5.10 Å². The smallest absolute Gasteiger partial charge is 0.315 e. The summed E-state index contributed by atoms with van der Waals surface area (Å²) in [5, 5.41) is 3.98. The van der Waals surface area contributed by atoms with Gasteiger partial charge in [0.2, 0.25) is 5.91 Å². The number of hydrogen-bond donors (Lipinski definition) is 0. The molecule has 1 aromatic carbocycles. The Morgan fingerprint density at radius 3 is 2.54 bits per heavy atom. The summed E-state index contributed by atoms with van der Waals surface area (Å²) >= 11 is 0. The molecular formula is C19H14F5N3O. The molecule has 1 amide bonds. The number of carbonyl (C=O) groups excluding carboxylic acids is 1. The van der Waals surface area contributed by atoms with Gasteiger partial charge in [0.05, 0.1) is 11.9 Å². The third kappa shape index (κ3) is 2.73. The number of aryl methyl sites for hydroxylation is 1. The first-order valence-corrected chi connectivity index (χ1v) is 8.36. The number of aromatic nitrogens is 2. The van der Waals surface area contributed by atoms with Crippen LogP contribution >= 0.6 is 0 Å². The molecule has 0 spiro atoms. The van der Waals surface area contributed by atoms with E-state index in [-0.39, 0.29) is 34.7 Å². The van der Waals surface area contributed by atoms with Gasteiger partial charge in [0.15, 0.2) is 0 Å². The number of amides is 1. The number of likely N-dealkylation sites (N-methyl/N-ethyl adjacent to an activating group) is 1. The number of pyridine rings is 1. The Balaban J connectivity index is 1.98. The summed E-state index contributed by atoms with van der Waals surface area (Å²) in [6.45, 7) is 1.35. The van der Waals surface area contributed by atoms with Gasteiger partial charge in [-0.3, -0.25) is 4.79 Å². The molecule has 0 saturated carbocycles. The van der Waals surface area contributed by atoms with Crippen molar-refractivity contribution in [3.63, 3.8) is 0 Å². The summed E-state index contributed by atoms with van der Waals surface area (Å²) in [6.07, 6.45) is -6.56. The minimum absolute atomic E-state index is 0.0555. The summed E-state index contributed by atoms with van der Waals surface area (Å²) in [5.41, 5.74) is -0.553. The number of rotatable bonds is 2. The number of anilines is 1. The summed E-state index contributed by atoms with van der Waals surface area (Å²) < 4.78 is 68.6. The number of halogens is 5. The SMILES string of the molecule is Cc1cc(C(F)F)cn2nc(-c3ccc4c(c3)CC(=O)N4C)c(C(F)(F)F)c12. The maximum atomic E-state index is 13.9. The minimum atomic E-state index is -4.74. The molecule has 1 aliphatic rings. The molecule has 0 radical (unpaired) electrons. The van der Waals surface area contributed by atoms with Gasteiger partial charge in [-0.05, 0) is 36.2 Å². The molecule has 9 heteroatoms. The molecule has 0 N–H and O–H groups in total. The van der Waals surface area contributed by atoms with Crippen molar-refractivity contribution in [1.29, 1.82) is 0 Å². The molecule has 28 heavy (non-hydrogen) atoms. The minimum Gasteiger partial charge on any atom is -0.315 e. The van der Waals surface area contributed by atoms with E-state index >= 15 is 0 Å². The largest absolute Gasteiger partial charge is 0.420 e. The molecule has 0 fully saturated rings. The number of hydrogen-bond acceptors (Lipinski definition) is 2. The Bertz CT molecular complexity index is 1120. The maximum absolute atomic E-state index is 13.9. The van der Waals surface area contributed by atoms with Crippen molar-refractivity contribution in [2.24, 2.45) is 0 Å². The van der Waals surface area contributed by atoms with Gasteiger partial charge in [-0.25, -0.2) is 13.3 Å². The number of alkyl halides is 5. The van der Waals surface area contributed by atoms with Gasteiger partial charge in [-0.2, -0.15) is 18.3 Å². The fourth-order valence-electron chi connectivity index (χ4n) is 3.61. The van der Waals surface area contributed by atoms with Gasteiger partial charge in [-0.15, -0.1) is 0 Å². The highest BCUT2D eigenvalue weighted by Crippen LogP contribution is 2.42. The average molecular weight is 395 g/mol. The third-order valence-electron chi connectivity index (χ3n) is 4.90. The zero-order chi connectivity index (χ0) is 20.4. The van der Waals surface area contributed by atoms with Gasteiger partial charge < -0.3 is 4.90 Å². The second kappa shape index (κ2) is 6.02. The van der Waals surface area contributed by atoms with Crippen LogP contribution in [0.4, 0.5) is 27.6 Å². The van der Waals surface area contributed by atoms with Gasteiger partial charge in [-0.1, -0.05) is 6.07 Å². The lowest BCUT2D eigenvalue weighted by Crippen LogP contribution is -2.20. The predicted octanol–water partition coefficient (Wildman–Crippen LogP) is 4.79. The second-order valence-electron chi connectivity index (χ2n) is 6.74. The average Bonchev–Trinajstić information content (AvgIpc) is 3.13. The van der Waals surface area contributed by atoms with Crippen molar-refractivity contribution in [2.45, 2.75) is 25.9 Å². The Labute approximate surface area is 156 Å². The van der Waals surface area contributed by atoms with Gasteiger partial charge >= 0.3 is 6.18 Å². The zero-order valence-corrected chi connectivity index (χ0v) is 14.8. The fourth-order valence-corrected chi connectivity index (χ4v) is 3.61. The molecule has 0 bridgehead atoms. The van der Waals surface area contributed by atoms with Gasteiger partial charge in [0.1, 0.15) is 11.3 Å². The maximum Gasteiger partial charge on any atom is 0.420 e. The highest BCUT2D eigenvalue weighted by Gasteiger charge is 2.39. The van der Waals surface area contributed by atoms with E-state index in [0.29, 0.717) is 11.3 Å². The molecule has 1 aliphatic heterocycles. The number of carbonyl (C=O) groups is 1. The first-order chi connectivity index (χ1) is 13.1. The van der Waals surface area contributed by atoms with Crippen LogP contribution in [0.3, 0.4) is 0 Å². The van der Waals surface area contributed by atoms with Crippen LogP contribution in [0.5, 0.6) is 0 Å². The molecule has 0 atom stereocenters. The summed E-state index contributed by atoms with van der Waals surface area (Å²) in [7, 11) is 1.59. The monoisotopic (exact) mass is 395 g/mol. The van der Waals surface area contributed by atoms with E-state index in [0.717, 1.165) is 16.8 Å². The summed E-state index contributed by atoms with van der Waals surface area (Å²) in [5.74, 6) is -0.157. The van der Waals surface area contributed by atoms with E-state index in [1.54, 1.807) is 13.1 Å². The van der Waals surface area contributed by atoms with Crippen molar-refractivity contribution >= 4 is 17.1 Å².